The molecule has 3 aromatic rings. The van der Waals surface area contributed by atoms with Crippen LogP contribution in [0.5, 0.6) is 11.5 Å². The van der Waals surface area contributed by atoms with E-state index in [0.29, 0.717) is 50.7 Å². The first-order chi connectivity index (χ1) is 17.9. The number of carboxylic acid groups (broad SMARTS) is 1. The highest BCUT2D eigenvalue weighted by Gasteiger charge is 2.33. The molecule has 9 nitrogen and oxygen atoms in total. The molecule has 0 spiro atoms. The van der Waals surface area contributed by atoms with E-state index in [0.717, 1.165) is 5.56 Å². The predicted octanol–water partition coefficient (Wildman–Crippen LogP) is 2.66. The van der Waals surface area contributed by atoms with Gasteiger partial charge in [-0.15, -0.1) is 0 Å². The number of hydrogen-bond acceptors (Lipinski definition) is 8. The normalized spacial score (nSPS) is 15.1. The van der Waals surface area contributed by atoms with Crippen LogP contribution >= 0.6 is 11.3 Å². The number of carbonyl (C=O) groups excluding carboxylic acids is 1. The Morgan fingerprint density at radius 2 is 1.86 bits per heavy atom. The van der Waals surface area contributed by atoms with Crippen molar-refractivity contribution in [3.8, 4) is 11.5 Å². The molecule has 4 rings (SSSR count). The summed E-state index contributed by atoms with van der Waals surface area (Å²) in [5, 5.41) is 8.92. The number of carboxylic acids is 1. The summed E-state index contributed by atoms with van der Waals surface area (Å²) in [4.78, 5) is 42.6. The molecule has 1 aliphatic heterocycles. The summed E-state index contributed by atoms with van der Waals surface area (Å²) in [5.41, 5.74) is 2.06. The summed E-state index contributed by atoms with van der Waals surface area (Å²) in [5.74, 6) is -0.962. The van der Waals surface area contributed by atoms with E-state index in [2.05, 4.69) is 4.99 Å². The van der Waals surface area contributed by atoms with Crippen molar-refractivity contribution in [3.63, 3.8) is 0 Å². The van der Waals surface area contributed by atoms with Crippen LogP contribution < -0.4 is 24.4 Å². The third-order valence-corrected chi connectivity index (χ3v) is 6.67. The first-order valence-corrected chi connectivity index (χ1v) is 12.5. The molecule has 2 aromatic carbocycles. The van der Waals surface area contributed by atoms with Gasteiger partial charge in [-0.3, -0.25) is 9.36 Å². The van der Waals surface area contributed by atoms with Crippen LogP contribution in [0, 0.1) is 0 Å². The van der Waals surface area contributed by atoms with Crippen molar-refractivity contribution in [1.82, 2.24) is 4.57 Å². The number of nitrogens with zero attached hydrogens (tertiary/aromatic N) is 2. The molecular formula is C27H26N2O7S. The topological polar surface area (TPSA) is 116 Å². The Morgan fingerprint density at radius 1 is 1.11 bits per heavy atom. The standard InChI is InChI=1S/C27H26N2O7S/c1-4-18-23(26(33)34-3)24(17-9-7-6-8-10-17)29-25(32)21(37-27(29)28-18)14-16-11-12-19(36-15-22(30)31)20(13-16)35-5-2/h6-14,24H,4-5,15H2,1-3H3,(H,30,31)/b21-14-/t24-/m0/s1. The van der Waals surface area contributed by atoms with Gasteiger partial charge < -0.3 is 19.3 Å². The van der Waals surface area contributed by atoms with Crippen molar-refractivity contribution in [2.24, 2.45) is 4.99 Å². The largest absolute Gasteiger partial charge is 0.490 e. The van der Waals surface area contributed by atoms with E-state index in [-0.39, 0.29) is 5.56 Å². The van der Waals surface area contributed by atoms with Gasteiger partial charge in [0.1, 0.15) is 0 Å². The number of esters is 1. The third-order valence-electron chi connectivity index (χ3n) is 5.68. The summed E-state index contributed by atoms with van der Waals surface area (Å²) in [6, 6.07) is 13.6. The summed E-state index contributed by atoms with van der Waals surface area (Å²) in [7, 11) is 1.32. The SMILES string of the molecule is CCOc1cc(/C=c2\sc3n(c2=O)[C@@H](c2ccccc2)C(C(=O)OC)=C(CC)N=3)ccc1OCC(=O)O. The van der Waals surface area contributed by atoms with Gasteiger partial charge in [-0.05, 0) is 42.7 Å². The summed E-state index contributed by atoms with van der Waals surface area (Å²) < 4.78 is 18.0. The Morgan fingerprint density at radius 3 is 2.51 bits per heavy atom. The number of carbonyl (C=O) groups is 2. The Kier molecular flexibility index (Phi) is 7.88. The minimum Gasteiger partial charge on any atom is -0.490 e. The molecule has 1 aliphatic rings. The number of methoxy groups -OCH3 is 1. The van der Waals surface area contributed by atoms with Gasteiger partial charge in [0.05, 0.1) is 35.6 Å². The molecule has 37 heavy (non-hydrogen) atoms. The van der Waals surface area contributed by atoms with Crippen LogP contribution in [-0.4, -0.2) is 41.9 Å². The van der Waals surface area contributed by atoms with Crippen LogP contribution in [0.4, 0.5) is 0 Å². The fourth-order valence-corrected chi connectivity index (χ4v) is 5.13. The van der Waals surface area contributed by atoms with Gasteiger partial charge in [0.15, 0.2) is 22.9 Å². The van der Waals surface area contributed by atoms with Gasteiger partial charge in [0.2, 0.25) is 0 Å². The maximum atomic E-state index is 13.7. The molecule has 1 N–H and O–H groups in total. The number of ether oxygens (including phenoxy) is 3. The number of hydrogen-bond donors (Lipinski definition) is 1. The smallest absolute Gasteiger partial charge is 0.341 e. The average Bonchev–Trinajstić information content (AvgIpc) is 3.21. The molecule has 0 fully saturated rings. The highest BCUT2D eigenvalue weighted by molar-refractivity contribution is 7.07. The molecule has 0 aliphatic carbocycles. The van der Waals surface area contributed by atoms with Gasteiger partial charge in [0, 0.05) is 0 Å². The van der Waals surface area contributed by atoms with Crippen LogP contribution in [0.3, 0.4) is 0 Å². The molecule has 2 heterocycles. The zero-order chi connectivity index (χ0) is 26.5. The van der Waals surface area contributed by atoms with Crippen molar-refractivity contribution in [2.75, 3.05) is 20.3 Å². The van der Waals surface area contributed by atoms with Gasteiger partial charge >= 0.3 is 11.9 Å². The van der Waals surface area contributed by atoms with Crippen LogP contribution in [0.15, 0.2) is 69.6 Å². The number of thiazole rings is 1. The van der Waals surface area contributed by atoms with Gasteiger partial charge in [-0.25, -0.2) is 14.6 Å². The molecular weight excluding hydrogens is 496 g/mol. The summed E-state index contributed by atoms with van der Waals surface area (Å²) in [6.07, 6.45) is 2.21. The number of fused-ring (bicyclic) bond motifs is 1. The van der Waals surface area contributed by atoms with E-state index in [1.54, 1.807) is 31.2 Å². The lowest BCUT2D eigenvalue weighted by Gasteiger charge is -2.25. The summed E-state index contributed by atoms with van der Waals surface area (Å²) >= 11 is 1.23. The van der Waals surface area contributed by atoms with Crippen molar-refractivity contribution in [2.45, 2.75) is 26.3 Å². The van der Waals surface area contributed by atoms with E-state index >= 15 is 0 Å². The first-order valence-electron chi connectivity index (χ1n) is 11.7. The second kappa shape index (κ2) is 11.3. The molecule has 0 radical (unpaired) electrons. The highest BCUT2D eigenvalue weighted by Crippen LogP contribution is 2.32. The highest BCUT2D eigenvalue weighted by atomic mass is 32.1. The molecule has 0 saturated carbocycles. The average molecular weight is 523 g/mol. The minimum atomic E-state index is -1.10. The van der Waals surface area contributed by atoms with E-state index in [1.807, 2.05) is 37.3 Å². The van der Waals surface area contributed by atoms with E-state index in [9.17, 15) is 14.4 Å². The van der Waals surface area contributed by atoms with E-state index < -0.39 is 24.6 Å². The number of aliphatic carboxylic acids is 1. The Hall–Kier alpha value is -4.18. The first kappa shape index (κ1) is 25.9. The number of aromatic nitrogens is 1. The lowest BCUT2D eigenvalue weighted by molar-refractivity contribution is -0.139. The Bertz CT molecular complexity index is 1540. The lowest BCUT2D eigenvalue weighted by atomic mass is 9.95. The molecule has 1 atom stereocenters. The van der Waals surface area contributed by atoms with Crippen molar-refractivity contribution >= 4 is 29.4 Å². The zero-order valence-corrected chi connectivity index (χ0v) is 21.4. The Balaban J connectivity index is 1.87. The van der Waals surface area contributed by atoms with E-state index in [4.69, 9.17) is 19.3 Å². The van der Waals surface area contributed by atoms with Gasteiger partial charge in [0.25, 0.3) is 5.56 Å². The zero-order valence-electron chi connectivity index (χ0n) is 20.6. The van der Waals surface area contributed by atoms with Crippen LogP contribution in [-0.2, 0) is 14.3 Å². The monoisotopic (exact) mass is 522 g/mol. The van der Waals surface area contributed by atoms with Crippen LogP contribution in [0.1, 0.15) is 37.4 Å². The quantitative estimate of drug-likeness (QED) is 0.430. The number of allylic oxidation sites excluding steroid dienone is 1. The fraction of sp³-hybridized carbons (Fsp3) is 0.259. The van der Waals surface area contributed by atoms with Crippen molar-refractivity contribution in [3.05, 3.63) is 90.6 Å². The fourth-order valence-electron chi connectivity index (χ4n) is 4.11. The van der Waals surface area contributed by atoms with Crippen LogP contribution in [0.25, 0.3) is 6.08 Å². The van der Waals surface area contributed by atoms with Gasteiger partial charge in [-0.1, -0.05) is 54.7 Å². The van der Waals surface area contributed by atoms with Crippen LogP contribution in [0.2, 0.25) is 0 Å². The third kappa shape index (κ3) is 5.34. The molecule has 0 amide bonds. The molecule has 1 aromatic heterocycles. The molecule has 192 valence electrons. The second-order valence-corrected chi connectivity index (χ2v) is 9.03. The molecule has 0 saturated heterocycles. The summed E-state index contributed by atoms with van der Waals surface area (Å²) in [6.45, 7) is 3.56. The van der Waals surface area contributed by atoms with E-state index in [1.165, 1.54) is 23.0 Å². The molecule has 0 bridgehead atoms. The van der Waals surface area contributed by atoms with Crippen molar-refractivity contribution < 1.29 is 28.9 Å². The minimum absolute atomic E-state index is 0.293. The Labute approximate surface area is 216 Å². The van der Waals surface area contributed by atoms with Gasteiger partial charge in [-0.2, -0.15) is 0 Å². The maximum absolute atomic E-state index is 13.7. The predicted molar refractivity (Wildman–Crippen MR) is 138 cm³/mol. The number of rotatable bonds is 9. The molecule has 0 unspecified atom stereocenters. The van der Waals surface area contributed by atoms with Crippen molar-refractivity contribution in [1.29, 1.82) is 0 Å². The number of benzene rings is 2. The second-order valence-electron chi connectivity index (χ2n) is 8.02. The molecule has 10 heteroatoms. The lowest BCUT2D eigenvalue weighted by Crippen LogP contribution is -2.40. The maximum Gasteiger partial charge on any atom is 0.341 e.